The second-order valence-corrected chi connectivity index (χ2v) is 15.0. The number of anilines is 1. The Morgan fingerprint density at radius 1 is 1.10 bits per heavy atom. The van der Waals surface area contributed by atoms with Crippen molar-refractivity contribution in [3.63, 3.8) is 0 Å². The lowest BCUT2D eigenvalue weighted by Gasteiger charge is -2.39. The maximum atomic E-state index is 14.6. The third-order valence-electron chi connectivity index (χ3n) is 11.0. The highest BCUT2D eigenvalue weighted by molar-refractivity contribution is 6.33. The molecule has 1 fully saturated rings. The average Bonchev–Trinajstić information content (AvgIpc) is 3.79. The molecule has 14 nitrogen and oxygen atoms in total. The van der Waals surface area contributed by atoms with Crippen LogP contribution in [0.15, 0.2) is 65.7 Å². The van der Waals surface area contributed by atoms with Crippen molar-refractivity contribution in [2.75, 3.05) is 38.7 Å². The summed E-state index contributed by atoms with van der Waals surface area (Å²) in [5.74, 6) is -0.455. The van der Waals surface area contributed by atoms with E-state index >= 15 is 0 Å². The summed E-state index contributed by atoms with van der Waals surface area (Å²) in [6.07, 6.45) is 0.425. The first-order valence-corrected chi connectivity index (χ1v) is 19.1. The van der Waals surface area contributed by atoms with Crippen LogP contribution in [0.1, 0.15) is 77.2 Å². The number of nitrogens with zero attached hydrogens (tertiary/aromatic N) is 7. The SMILES string of the molecule is COc1ncnc(C(=O)N2CCC3(CC2)CC(C)c2c3c(=O)n3nc(C4=CCOCC4)nc3n2CC(=O)Nc2ccc(C(F)(F)F)cc2Cl)c1OCc1ccccc1. The Morgan fingerprint density at radius 2 is 1.88 bits per heavy atom. The molecule has 58 heavy (non-hydrogen) atoms. The number of benzene rings is 2. The number of piperidine rings is 1. The molecule has 1 unspecified atom stereocenters. The number of aromatic nitrogens is 6. The van der Waals surface area contributed by atoms with Gasteiger partial charge in [-0.3, -0.25) is 14.4 Å². The van der Waals surface area contributed by atoms with Gasteiger partial charge in [-0.2, -0.15) is 27.7 Å². The van der Waals surface area contributed by atoms with E-state index in [-0.39, 0.29) is 77.4 Å². The molecule has 2 amide bonds. The van der Waals surface area contributed by atoms with Crippen molar-refractivity contribution in [2.24, 2.45) is 0 Å². The molecule has 18 heteroatoms. The highest BCUT2D eigenvalue weighted by Gasteiger charge is 2.49. The van der Waals surface area contributed by atoms with Crippen LogP contribution in [0.2, 0.25) is 5.02 Å². The van der Waals surface area contributed by atoms with Crippen LogP contribution in [0, 0.1) is 0 Å². The van der Waals surface area contributed by atoms with Crippen molar-refractivity contribution in [2.45, 2.75) is 63.3 Å². The van der Waals surface area contributed by atoms with Gasteiger partial charge in [-0.1, -0.05) is 54.9 Å². The Morgan fingerprint density at radius 3 is 2.57 bits per heavy atom. The highest BCUT2D eigenvalue weighted by Crippen LogP contribution is 2.50. The van der Waals surface area contributed by atoms with Crippen molar-refractivity contribution < 1.29 is 37.0 Å². The molecule has 1 spiro atoms. The molecule has 1 saturated heterocycles. The van der Waals surface area contributed by atoms with E-state index in [0.29, 0.717) is 56.0 Å². The summed E-state index contributed by atoms with van der Waals surface area (Å²) in [6.45, 7) is 3.19. The molecule has 0 radical (unpaired) electrons. The summed E-state index contributed by atoms with van der Waals surface area (Å²) in [6, 6.07) is 12.1. The lowest BCUT2D eigenvalue weighted by Crippen LogP contribution is -2.47. The Bertz CT molecular complexity index is 2500. The number of amides is 2. The van der Waals surface area contributed by atoms with Crippen LogP contribution in [0.25, 0.3) is 11.4 Å². The zero-order valence-corrected chi connectivity index (χ0v) is 32.3. The summed E-state index contributed by atoms with van der Waals surface area (Å²) < 4.78 is 59.8. The molecule has 3 aromatic heterocycles. The van der Waals surface area contributed by atoms with Crippen LogP contribution in [-0.2, 0) is 34.3 Å². The van der Waals surface area contributed by atoms with Crippen LogP contribution in [0.4, 0.5) is 18.9 Å². The van der Waals surface area contributed by atoms with Gasteiger partial charge in [0.15, 0.2) is 11.5 Å². The predicted molar refractivity (Wildman–Crippen MR) is 205 cm³/mol. The molecule has 2 aliphatic heterocycles. The fraction of sp³-hybridized carbons (Fsp3) is 0.375. The minimum Gasteiger partial charge on any atom is -0.481 e. The maximum Gasteiger partial charge on any atom is 0.416 e. The Kier molecular flexibility index (Phi) is 10.4. The number of nitrogens with one attached hydrogen (secondary N) is 1. The number of methoxy groups -OCH3 is 1. The van der Waals surface area contributed by atoms with Gasteiger partial charge in [0, 0.05) is 29.8 Å². The molecule has 1 N–H and O–H groups in total. The van der Waals surface area contributed by atoms with Gasteiger partial charge in [0.25, 0.3) is 17.3 Å². The third kappa shape index (κ3) is 7.28. The zero-order valence-electron chi connectivity index (χ0n) is 31.5. The lowest BCUT2D eigenvalue weighted by atomic mass is 9.73. The fourth-order valence-corrected chi connectivity index (χ4v) is 8.50. The van der Waals surface area contributed by atoms with Crippen LogP contribution < -0.4 is 20.3 Å². The Balaban J connectivity index is 1.11. The number of carbonyl (C=O) groups excluding carboxylic acids is 2. The quantitative estimate of drug-likeness (QED) is 0.186. The van der Waals surface area contributed by atoms with Crippen LogP contribution >= 0.6 is 11.6 Å². The monoisotopic (exact) mass is 818 g/mol. The molecule has 302 valence electrons. The summed E-state index contributed by atoms with van der Waals surface area (Å²) in [5, 5.41) is 7.00. The van der Waals surface area contributed by atoms with Crippen molar-refractivity contribution in [3.8, 4) is 11.6 Å². The topological polar surface area (TPSA) is 155 Å². The van der Waals surface area contributed by atoms with E-state index in [9.17, 15) is 27.6 Å². The minimum absolute atomic E-state index is 0.000572. The number of rotatable bonds is 9. The maximum absolute atomic E-state index is 14.6. The lowest BCUT2D eigenvalue weighted by molar-refractivity contribution is -0.137. The van der Waals surface area contributed by atoms with Gasteiger partial charge >= 0.3 is 6.18 Å². The standard InChI is InChI=1S/C40H38ClF3N8O6/c1-23-19-39(12-14-50(15-13-39)37(55)31-33(35(56-2)46-22-45-31)58-21-24-6-4-3-5-7-24)30-32(23)51(20-29(53)47-28-9-8-26(18-27(28)41)40(42,43)44)38-48-34(49-52(38)36(30)54)25-10-16-57-17-11-25/h3-10,18,22-23H,11-17,19-21H2,1-2H3,(H,47,53). The number of carbonyl (C=O) groups is 2. The molecule has 0 bridgehead atoms. The largest absolute Gasteiger partial charge is 0.481 e. The van der Waals surface area contributed by atoms with E-state index in [0.717, 1.165) is 29.3 Å². The number of ether oxygens (including phenoxy) is 3. The van der Waals surface area contributed by atoms with E-state index < -0.39 is 23.1 Å². The first-order valence-electron chi connectivity index (χ1n) is 18.7. The second-order valence-electron chi connectivity index (χ2n) is 14.6. The predicted octanol–water partition coefficient (Wildman–Crippen LogP) is 6.06. The van der Waals surface area contributed by atoms with Crippen molar-refractivity contribution in [1.29, 1.82) is 0 Å². The number of halogens is 4. The molecule has 3 aliphatic rings. The second kappa shape index (κ2) is 15.5. The van der Waals surface area contributed by atoms with Crippen molar-refractivity contribution >= 4 is 40.5 Å². The number of hydrogen-bond donors (Lipinski definition) is 1. The molecule has 2 aromatic carbocycles. The number of likely N-dealkylation sites (tertiary alicyclic amines) is 1. The Hall–Kier alpha value is -5.81. The summed E-state index contributed by atoms with van der Waals surface area (Å²) in [5.41, 5.74) is 0.853. The number of fused-ring (bicyclic) bond motifs is 3. The molecule has 5 heterocycles. The molecule has 1 aliphatic carbocycles. The average molecular weight is 819 g/mol. The molecule has 8 rings (SSSR count). The van der Waals surface area contributed by atoms with Gasteiger partial charge in [0.2, 0.25) is 17.4 Å². The van der Waals surface area contributed by atoms with Gasteiger partial charge in [-0.05, 0) is 60.9 Å². The molecule has 5 aromatic rings. The summed E-state index contributed by atoms with van der Waals surface area (Å²) in [4.78, 5) is 57.4. The van der Waals surface area contributed by atoms with Gasteiger partial charge < -0.3 is 29.0 Å². The number of alkyl halides is 3. The van der Waals surface area contributed by atoms with Gasteiger partial charge in [0.05, 0.1) is 36.6 Å². The normalized spacial score (nSPS) is 17.6. The number of hydrogen-bond acceptors (Lipinski definition) is 10. The van der Waals surface area contributed by atoms with Gasteiger partial charge in [0.1, 0.15) is 19.5 Å². The Labute approximate surface area is 334 Å². The van der Waals surface area contributed by atoms with E-state index in [2.05, 4.69) is 20.4 Å². The summed E-state index contributed by atoms with van der Waals surface area (Å²) >= 11 is 6.19. The molecule has 1 atom stereocenters. The molecular weight excluding hydrogens is 781 g/mol. The van der Waals surface area contributed by atoms with E-state index in [4.69, 9.17) is 30.8 Å². The highest BCUT2D eigenvalue weighted by atomic mass is 35.5. The van der Waals surface area contributed by atoms with Gasteiger partial charge in [-0.15, -0.1) is 5.10 Å². The van der Waals surface area contributed by atoms with E-state index in [1.54, 1.807) is 9.47 Å². The van der Waals surface area contributed by atoms with E-state index in [1.807, 2.05) is 43.3 Å². The van der Waals surface area contributed by atoms with Crippen LogP contribution in [0.3, 0.4) is 0 Å². The third-order valence-corrected chi connectivity index (χ3v) is 11.3. The molecular formula is C40H38ClF3N8O6. The van der Waals surface area contributed by atoms with Gasteiger partial charge in [-0.25, -0.2) is 4.98 Å². The van der Waals surface area contributed by atoms with Crippen molar-refractivity contribution in [1.82, 2.24) is 34.0 Å². The first-order chi connectivity index (χ1) is 27.9. The first kappa shape index (κ1) is 39.0. The van der Waals surface area contributed by atoms with Crippen LogP contribution in [0.5, 0.6) is 11.6 Å². The van der Waals surface area contributed by atoms with Crippen molar-refractivity contribution in [3.05, 3.63) is 110 Å². The smallest absolute Gasteiger partial charge is 0.416 e. The minimum atomic E-state index is -4.61. The fourth-order valence-electron chi connectivity index (χ4n) is 8.27. The molecule has 0 saturated carbocycles. The van der Waals surface area contributed by atoms with E-state index in [1.165, 1.54) is 18.0 Å². The zero-order chi connectivity index (χ0) is 40.8. The summed E-state index contributed by atoms with van der Waals surface area (Å²) in [7, 11) is 1.44. The van der Waals surface area contributed by atoms with Crippen LogP contribution in [-0.4, -0.2) is 79.3 Å².